The topological polar surface area (TPSA) is 54.2 Å². The van der Waals surface area contributed by atoms with Gasteiger partial charge < -0.3 is 10.6 Å². The number of aryl methyl sites for hydroxylation is 1. The molecule has 0 unspecified atom stereocenters. The van der Waals surface area contributed by atoms with E-state index in [1.165, 1.54) is 6.07 Å². The molecule has 0 spiro atoms. The van der Waals surface area contributed by atoms with Gasteiger partial charge in [-0.05, 0) is 48.9 Å². The lowest BCUT2D eigenvalue weighted by atomic mass is 10.1. The van der Waals surface area contributed by atoms with E-state index in [9.17, 15) is 4.39 Å². The zero-order chi connectivity index (χ0) is 17.9. The lowest BCUT2D eigenvalue weighted by Gasteiger charge is -2.12. The monoisotopic (exact) mass is 363 g/mol. The van der Waals surface area contributed by atoms with Gasteiger partial charge in [0.05, 0.1) is 6.54 Å². The molecule has 0 aliphatic heterocycles. The molecule has 0 saturated heterocycles. The highest BCUT2D eigenvalue weighted by molar-refractivity contribution is 7.97. The number of aliphatic imine (C=N–C) groups is 1. The lowest BCUT2D eigenvalue weighted by Crippen LogP contribution is -2.38. The number of aromatic nitrogens is 2. The van der Waals surface area contributed by atoms with Crippen LogP contribution in [-0.4, -0.2) is 35.1 Å². The van der Waals surface area contributed by atoms with Crippen molar-refractivity contribution in [3.05, 3.63) is 53.6 Å². The number of guanidine groups is 1. The largest absolute Gasteiger partial charge is 0.357 e. The van der Waals surface area contributed by atoms with E-state index in [4.69, 9.17) is 0 Å². The molecule has 0 bridgehead atoms. The molecule has 5 nitrogen and oxygen atoms in total. The zero-order valence-corrected chi connectivity index (χ0v) is 15.7. The Hall–Kier alpha value is -2.02. The Bertz CT molecular complexity index is 657. The average Bonchev–Trinajstić information content (AvgIpc) is 3.11. The SMILES string of the molecule is CCNC(=NCc1ccc(F)cc1CSC)NCCCn1cccn1. The molecule has 0 fully saturated rings. The van der Waals surface area contributed by atoms with Crippen molar-refractivity contribution in [2.24, 2.45) is 4.99 Å². The van der Waals surface area contributed by atoms with Gasteiger partial charge in [-0.25, -0.2) is 9.38 Å². The molecule has 2 rings (SSSR count). The quantitative estimate of drug-likeness (QED) is 0.408. The maximum atomic E-state index is 13.4. The second-order valence-electron chi connectivity index (χ2n) is 5.59. The zero-order valence-electron chi connectivity index (χ0n) is 14.8. The van der Waals surface area contributed by atoms with Crippen molar-refractivity contribution in [1.29, 1.82) is 0 Å². The van der Waals surface area contributed by atoms with Crippen LogP contribution in [0.15, 0.2) is 41.7 Å². The van der Waals surface area contributed by atoms with Crippen LogP contribution in [0.25, 0.3) is 0 Å². The molecular weight excluding hydrogens is 337 g/mol. The number of thioether (sulfide) groups is 1. The summed E-state index contributed by atoms with van der Waals surface area (Å²) in [5, 5.41) is 10.8. The summed E-state index contributed by atoms with van der Waals surface area (Å²) < 4.78 is 15.4. The summed E-state index contributed by atoms with van der Waals surface area (Å²) in [5.41, 5.74) is 2.07. The molecule has 2 N–H and O–H groups in total. The van der Waals surface area contributed by atoms with Crippen LogP contribution in [0.1, 0.15) is 24.5 Å². The Morgan fingerprint density at radius 1 is 1.32 bits per heavy atom. The fourth-order valence-corrected chi connectivity index (χ4v) is 3.00. The summed E-state index contributed by atoms with van der Waals surface area (Å²) in [7, 11) is 0. The van der Waals surface area contributed by atoms with Crippen molar-refractivity contribution in [1.82, 2.24) is 20.4 Å². The highest BCUT2D eigenvalue weighted by atomic mass is 32.2. The lowest BCUT2D eigenvalue weighted by molar-refractivity contribution is 0.570. The Kier molecular flexibility index (Phi) is 8.31. The Morgan fingerprint density at radius 3 is 2.92 bits per heavy atom. The number of nitrogens with zero attached hydrogens (tertiary/aromatic N) is 3. The van der Waals surface area contributed by atoms with Crippen molar-refractivity contribution >= 4 is 17.7 Å². The summed E-state index contributed by atoms with van der Waals surface area (Å²) in [4.78, 5) is 4.63. The average molecular weight is 364 g/mol. The Labute approximate surface area is 153 Å². The van der Waals surface area contributed by atoms with Crippen LogP contribution in [0.3, 0.4) is 0 Å². The van der Waals surface area contributed by atoms with Gasteiger partial charge in [-0.2, -0.15) is 16.9 Å². The van der Waals surface area contributed by atoms with Crippen molar-refractivity contribution < 1.29 is 4.39 Å². The number of nitrogens with one attached hydrogen (secondary N) is 2. The number of hydrogen-bond acceptors (Lipinski definition) is 3. The van der Waals surface area contributed by atoms with E-state index in [2.05, 4.69) is 20.7 Å². The van der Waals surface area contributed by atoms with Crippen LogP contribution >= 0.6 is 11.8 Å². The summed E-state index contributed by atoms with van der Waals surface area (Å²) in [6, 6.07) is 6.85. The number of halogens is 1. The van der Waals surface area contributed by atoms with Crippen molar-refractivity contribution in [3.8, 4) is 0 Å². The second-order valence-corrected chi connectivity index (χ2v) is 6.46. The molecule has 0 radical (unpaired) electrons. The fourth-order valence-electron chi connectivity index (χ4n) is 2.43. The summed E-state index contributed by atoms with van der Waals surface area (Å²) in [6.45, 7) is 5.05. The molecule has 0 aliphatic rings. The molecule has 0 amide bonds. The third-order valence-electron chi connectivity index (χ3n) is 3.64. The minimum absolute atomic E-state index is 0.194. The predicted molar refractivity (Wildman–Crippen MR) is 103 cm³/mol. The number of hydrogen-bond donors (Lipinski definition) is 2. The molecular formula is C18H26FN5S. The van der Waals surface area contributed by atoms with Crippen LogP contribution in [-0.2, 0) is 18.8 Å². The van der Waals surface area contributed by atoms with Gasteiger partial charge in [0, 0.05) is 37.8 Å². The van der Waals surface area contributed by atoms with Crippen LogP contribution in [0.5, 0.6) is 0 Å². The molecule has 136 valence electrons. The van der Waals surface area contributed by atoms with E-state index < -0.39 is 0 Å². The molecule has 0 aliphatic carbocycles. The van der Waals surface area contributed by atoms with Gasteiger partial charge in [0.25, 0.3) is 0 Å². The summed E-state index contributed by atoms with van der Waals surface area (Å²) in [5.74, 6) is 1.37. The van der Waals surface area contributed by atoms with Gasteiger partial charge in [0.2, 0.25) is 0 Å². The van der Waals surface area contributed by atoms with Crippen LogP contribution in [0.2, 0.25) is 0 Å². The third kappa shape index (κ3) is 6.78. The highest BCUT2D eigenvalue weighted by Crippen LogP contribution is 2.17. The second kappa shape index (κ2) is 10.8. The predicted octanol–water partition coefficient (Wildman–Crippen LogP) is 3.03. The number of rotatable bonds is 9. The molecule has 7 heteroatoms. The first-order valence-electron chi connectivity index (χ1n) is 8.48. The molecule has 1 heterocycles. The third-order valence-corrected chi connectivity index (χ3v) is 4.24. The van der Waals surface area contributed by atoms with E-state index in [0.717, 1.165) is 48.9 Å². The molecule has 1 aromatic carbocycles. The van der Waals surface area contributed by atoms with Crippen LogP contribution < -0.4 is 10.6 Å². The van der Waals surface area contributed by atoms with E-state index in [0.29, 0.717) is 6.54 Å². The van der Waals surface area contributed by atoms with E-state index in [1.54, 1.807) is 24.0 Å². The fraction of sp³-hybridized carbons (Fsp3) is 0.444. The maximum absolute atomic E-state index is 13.4. The van der Waals surface area contributed by atoms with Gasteiger partial charge in [0.1, 0.15) is 5.82 Å². The van der Waals surface area contributed by atoms with Crippen LogP contribution in [0, 0.1) is 5.82 Å². The first-order chi connectivity index (χ1) is 12.2. The van der Waals surface area contributed by atoms with Crippen molar-refractivity contribution in [2.45, 2.75) is 32.2 Å². The van der Waals surface area contributed by atoms with Gasteiger partial charge in [-0.3, -0.25) is 4.68 Å². The van der Waals surface area contributed by atoms with Crippen LogP contribution in [0.4, 0.5) is 4.39 Å². The summed E-state index contributed by atoms with van der Waals surface area (Å²) in [6.07, 6.45) is 6.72. The minimum atomic E-state index is -0.194. The van der Waals surface area contributed by atoms with Gasteiger partial charge >= 0.3 is 0 Å². The Balaban J connectivity index is 1.90. The van der Waals surface area contributed by atoms with E-state index >= 15 is 0 Å². The molecule has 2 aromatic rings. The van der Waals surface area contributed by atoms with Gasteiger partial charge in [0.15, 0.2) is 5.96 Å². The first kappa shape index (κ1) is 19.3. The molecule has 25 heavy (non-hydrogen) atoms. The van der Waals surface area contributed by atoms with E-state index in [1.807, 2.05) is 36.2 Å². The normalized spacial score (nSPS) is 11.6. The van der Waals surface area contributed by atoms with Crippen molar-refractivity contribution in [2.75, 3.05) is 19.3 Å². The molecule has 1 aromatic heterocycles. The Morgan fingerprint density at radius 2 is 2.20 bits per heavy atom. The molecule has 0 atom stereocenters. The maximum Gasteiger partial charge on any atom is 0.191 e. The summed E-state index contributed by atoms with van der Waals surface area (Å²) >= 11 is 1.68. The van der Waals surface area contributed by atoms with E-state index in [-0.39, 0.29) is 5.82 Å². The minimum Gasteiger partial charge on any atom is -0.357 e. The van der Waals surface area contributed by atoms with Gasteiger partial charge in [-0.1, -0.05) is 6.07 Å². The standard InChI is InChI=1S/C18H26FN5S/c1-3-20-18(21-8-4-10-24-11-5-9-23-24)22-13-15-6-7-17(19)12-16(15)14-25-2/h5-7,9,11-12H,3-4,8,10,13-14H2,1-2H3,(H2,20,21,22). The highest BCUT2D eigenvalue weighted by Gasteiger charge is 2.04. The first-order valence-corrected chi connectivity index (χ1v) is 9.88. The molecule has 0 saturated carbocycles. The smallest absolute Gasteiger partial charge is 0.191 e. The van der Waals surface area contributed by atoms with Gasteiger partial charge in [-0.15, -0.1) is 0 Å². The number of benzene rings is 1. The van der Waals surface area contributed by atoms with Crippen molar-refractivity contribution in [3.63, 3.8) is 0 Å².